The van der Waals surface area contributed by atoms with Crippen LogP contribution in [-0.2, 0) is 9.53 Å². The molecule has 0 atom stereocenters. The lowest BCUT2D eigenvalue weighted by molar-refractivity contribution is -0.133. The molecular weight excluding hydrogens is 268 g/mol. The number of morpholine rings is 1. The lowest BCUT2D eigenvalue weighted by atomic mass is 10.2. The maximum atomic E-state index is 12.0. The zero-order valence-electron chi connectivity index (χ0n) is 11.1. The molecule has 1 N–H and O–H groups in total. The first-order chi connectivity index (χ1) is 9.09. The number of carbonyl (C=O) groups is 1. The SMILES string of the molecule is Cc1c(Cl)nnc(NCC(=O)N2CCOCC2)c1C. The third kappa shape index (κ3) is 3.33. The summed E-state index contributed by atoms with van der Waals surface area (Å²) in [6, 6.07) is 0. The molecule has 2 heterocycles. The Labute approximate surface area is 117 Å². The summed E-state index contributed by atoms with van der Waals surface area (Å²) in [5.41, 5.74) is 1.78. The summed E-state index contributed by atoms with van der Waals surface area (Å²) in [5, 5.41) is 11.2. The molecule has 0 saturated carbocycles. The second-order valence-electron chi connectivity index (χ2n) is 4.44. The number of nitrogens with zero attached hydrogens (tertiary/aromatic N) is 3. The largest absolute Gasteiger partial charge is 0.378 e. The summed E-state index contributed by atoms with van der Waals surface area (Å²) < 4.78 is 5.21. The van der Waals surface area contributed by atoms with E-state index in [1.807, 2.05) is 13.8 Å². The number of anilines is 1. The van der Waals surface area contributed by atoms with Crippen molar-refractivity contribution in [2.45, 2.75) is 13.8 Å². The van der Waals surface area contributed by atoms with Crippen LogP contribution >= 0.6 is 11.6 Å². The quantitative estimate of drug-likeness (QED) is 0.897. The van der Waals surface area contributed by atoms with E-state index in [1.165, 1.54) is 0 Å². The fourth-order valence-electron chi connectivity index (χ4n) is 1.83. The predicted octanol–water partition coefficient (Wildman–Crippen LogP) is 1.02. The van der Waals surface area contributed by atoms with Crippen LogP contribution in [0.1, 0.15) is 11.1 Å². The van der Waals surface area contributed by atoms with Gasteiger partial charge in [-0.05, 0) is 25.0 Å². The number of ether oxygens (including phenoxy) is 1. The van der Waals surface area contributed by atoms with Gasteiger partial charge in [0.2, 0.25) is 5.91 Å². The molecule has 1 aliphatic heterocycles. The highest BCUT2D eigenvalue weighted by atomic mass is 35.5. The molecule has 1 aromatic heterocycles. The first-order valence-electron chi connectivity index (χ1n) is 6.18. The minimum absolute atomic E-state index is 0.0390. The van der Waals surface area contributed by atoms with Gasteiger partial charge in [0.05, 0.1) is 19.8 Å². The van der Waals surface area contributed by atoms with Gasteiger partial charge in [0.15, 0.2) is 11.0 Å². The molecule has 0 aliphatic carbocycles. The molecule has 2 rings (SSSR count). The van der Waals surface area contributed by atoms with Crippen LogP contribution in [0.15, 0.2) is 0 Å². The molecule has 1 fully saturated rings. The van der Waals surface area contributed by atoms with Gasteiger partial charge in [0, 0.05) is 13.1 Å². The van der Waals surface area contributed by atoms with Crippen LogP contribution in [0, 0.1) is 13.8 Å². The van der Waals surface area contributed by atoms with E-state index in [4.69, 9.17) is 16.3 Å². The fraction of sp³-hybridized carbons (Fsp3) is 0.583. The first kappa shape index (κ1) is 14.0. The molecular formula is C12H17ClN4O2. The molecule has 1 aromatic rings. The molecule has 0 radical (unpaired) electrons. The number of hydrogen-bond donors (Lipinski definition) is 1. The molecule has 1 amide bonds. The molecule has 19 heavy (non-hydrogen) atoms. The molecule has 0 spiro atoms. The van der Waals surface area contributed by atoms with Crippen molar-refractivity contribution < 1.29 is 9.53 Å². The number of hydrogen-bond acceptors (Lipinski definition) is 5. The van der Waals surface area contributed by atoms with Gasteiger partial charge in [-0.3, -0.25) is 4.79 Å². The summed E-state index contributed by atoms with van der Waals surface area (Å²) in [6.45, 7) is 6.47. The number of amides is 1. The van der Waals surface area contributed by atoms with Crippen molar-refractivity contribution in [2.24, 2.45) is 0 Å². The smallest absolute Gasteiger partial charge is 0.242 e. The van der Waals surface area contributed by atoms with Crippen molar-refractivity contribution in [2.75, 3.05) is 38.2 Å². The van der Waals surface area contributed by atoms with Gasteiger partial charge >= 0.3 is 0 Å². The van der Waals surface area contributed by atoms with E-state index in [9.17, 15) is 4.79 Å². The number of nitrogens with one attached hydrogen (secondary N) is 1. The number of carbonyl (C=O) groups excluding carboxylic acids is 1. The minimum atomic E-state index is 0.0390. The van der Waals surface area contributed by atoms with Gasteiger partial charge in [-0.25, -0.2) is 0 Å². The average molecular weight is 285 g/mol. The van der Waals surface area contributed by atoms with Crippen LogP contribution < -0.4 is 5.32 Å². The van der Waals surface area contributed by atoms with Crippen LogP contribution in [-0.4, -0.2) is 53.9 Å². The van der Waals surface area contributed by atoms with E-state index in [0.717, 1.165) is 11.1 Å². The molecule has 104 valence electrons. The van der Waals surface area contributed by atoms with E-state index in [1.54, 1.807) is 4.90 Å². The Morgan fingerprint density at radius 2 is 2.00 bits per heavy atom. The lowest BCUT2D eigenvalue weighted by Crippen LogP contribution is -2.43. The Hall–Kier alpha value is -1.40. The monoisotopic (exact) mass is 284 g/mol. The molecule has 7 heteroatoms. The van der Waals surface area contributed by atoms with E-state index < -0.39 is 0 Å². The third-order valence-corrected chi connectivity index (χ3v) is 3.59. The van der Waals surface area contributed by atoms with Crippen LogP contribution in [0.25, 0.3) is 0 Å². The molecule has 0 unspecified atom stereocenters. The normalized spacial score (nSPS) is 15.4. The van der Waals surface area contributed by atoms with Crippen molar-refractivity contribution in [3.05, 3.63) is 16.3 Å². The lowest BCUT2D eigenvalue weighted by Gasteiger charge is -2.27. The molecule has 1 aliphatic rings. The van der Waals surface area contributed by atoms with E-state index >= 15 is 0 Å². The minimum Gasteiger partial charge on any atom is -0.378 e. The average Bonchev–Trinajstić information content (AvgIpc) is 2.45. The van der Waals surface area contributed by atoms with Gasteiger partial charge in [0.25, 0.3) is 0 Å². The second-order valence-corrected chi connectivity index (χ2v) is 4.79. The van der Waals surface area contributed by atoms with Gasteiger partial charge in [-0.15, -0.1) is 10.2 Å². The Morgan fingerprint density at radius 1 is 1.32 bits per heavy atom. The number of rotatable bonds is 3. The van der Waals surface area contributed by atoms with Crippen molar-refractivity contribution in [1.82, 2.24) is 15.1 Å². The Bertz CT molecular complexity index is 475. The summed E-state index contributed by atoms with van der Waals surface area (Å²) in [6.07, 6.45) is 0. The maximum absolute atomic E-state index is 12.0. The highest BCUT2D eigenvalue weighted by Crippen LogP contribution is 2.20. The highest BCUT2D eigenvalue weighted by Gasteiger charge is 2.17. The van der Waals surface area contributed by atoms with Gasteiger partial charge in [0.1, 0.15) is 0 Å². The molecule has 6 nitrogen and oxygen atoms in total. The van der Waals surface area contributed by atoms with Crippen LogP contribution in [0.4, 0.5) is 5.82 Å². The second kappa shape index (κ2) is 6.16. The molecule has 0 bridgehead atoms. The molecule has 1 saturated heterocycles. The van der Waals surface area contributed by atoms with E-state index in [-0.39, 0.29) is 12.5 Å². The van der Waals surface area contributed by atoms with Crippen molar-refractivity contribution in [3.63, 3.8) is 0 Å². The van der Waals surface area contributed by atoms with Crippen LogP contribution in [0.5, 0.6) is 0 Å². The topological polar surface area (TPSA) is 67.4 Å². The first-order valence-corrected chi connectivity index (χ1v) is 6.56. The summed E-state index contributed by atoms with van der Waals surface area (Å²) in [7, 11) is 0. The van der Waals surface area contributed by atoms with Gasteiger partial charge in [-0.1, -0.05) is 11.6 Å². The van der Waals surface area contributed by atoms with Crippen molar-refractivity contribution >= 4 is 23.3 Å². The summed E-state index contributed by atoms with van der Waals surface area (Å²) in [5.74, 6) is 0.639. The summed E-state index contributed by atoms with van der Waals surface area (Å²) in [4.78, 5) is 13.7. The van der Waals surface area contributed by atoms with E-state index in [2.05, 4.69) is 15.5 Å². The highest BCUT2D eigenvalue weighted by molar-refractivity contribution is 6.30. The zero-order valence-corrected chi connectivity index (χ0v) is 11.8. The maximum Gasteiger partial charge on any atom is 0.242 e. The third-order valence-electron chi connectivity index (χ3n) is 3.24. The fourth-order valence-corrected chi connectivity index (χ4v) is 2.01. The Morgan fingerprint density at radius 3 is 2.68 bits per heavy atom. The number of halogens is 1. The Balaban J connectivity index is 1.95. The van der Waals surface area contributed by atoms with E-state index in [0.29, 0.717) is 37.3 Å². The van der Waals surface area contributed by atoms with Crippen molar-refractivity contribution in [3.8, 4) is 0 Å². The summed E-state index contributed by atoms with van der Waals surface area (Å²) >= 11 is 5.88. The standard InChI is InChI=1S/C12H17ClN4O2/c1-8-9(2)12(16-15-11(8)13)14-7-10(18)17-3-5-19-6-4-17/h3-7H2,1-2H3,(H,14,16). The van der Waals surface area contributed by atoms with Gasteiger partial charge in [-0.2, -0.15) is 0 Å². The number of aromatic nitrogens is 2. The van der Waals surface area contributed by atoms with Crippen molar-refractivity contribution in [1.29, 1.82) is 0 Å². The Kier molecular flexibility index (Phi) is 4.55. The predicted molar refractivity (Wildman–Crippen MR) is 72.4 cm³/mol. The van der Waals surface area contributed by atoms with Crippen LogP contribution in [0.2, 0.25) is 5.15 Å². The van der Waals surface area contributed by atoms with Crippen LogP contribution in [0.3, 0.4) is 0 Å². The molecule has 0 aromatic carbocycles. The van der Waals surface area contributed by atoms with Gasteiger partial charge < -0.3 is 15.0 Å². The zero-order chi connectivity index (χ0) is 13.8.